The molecule has 1 saturated heterocycles. The number of nitrogens with zero attached hydrogens (tertiary/aromatic N) is 3. The molecule has 3 aromatic rings. The van der Waals surface area contributed by atoms with Gasteiger partial charge in [-0.15, -0.1) is 11.3 Å². The van der Waals surface area contributed by atoms with Gasteiger partial charge in [0.05, 0.1) is 15.2 Å². The third kappa shape index (κ3) is 2.74. The average molecular weight is 326 g/mol. The van der Waals surface area contributed by atoms with E-state index in [1.54, 1.807) is 11.3 Å². The number of amides is 1. The number of para-hydroxylation sites is 1. The number of hydrogen-bond donors (Lipinski definition) is 1. The average Bonchev–Trinajstić information content (AvgIpc) is 3.20. The Balaban J connectivity index is 1.45. The van der Waals surface area contributed by atoms with E-state index >= 15 is 0 Å². The molecule has 3 heterocycles. The molecule has 1 fully saturated rings. The molecular formula is C17H18N4OS. The van der Waals surface area contributed by atoms with Crippen LogP contribution in [0.5, 0.6) is 0 Å². The number of aryl methyl sites for hydroxylation is 1. The third-order valence-electron chi connectivity index (χ3n) is 4.37. The fourth-order valence-electron chi connectivity index (χ4n) is 3.08. The molecule has 6 heteroatoms. The molecule has 2 aromatic heterocycles. The first kappa shape index (κ1) is 14.4. The largest absolute Gasteiger partial charge is 0.337 e. The van der Waals surface area contributed by atoms with Crippen LogP contribution in [0.15, 0.2) is 30.3 Å². The number of aromatic amines is 1. The highest BCUT2D eigenvalue weighted by molar-refractivity contribution is 7.18. The minimum absolute atomic E-state index is 0.0251. The van der Waals surface area contributed by atoms with Crippen molar-refractivity contribution < 1.29 is 4.79 Å². The van der Waals surface area contributed by atoms with E-state index in [-0.39, 0.29) is 5.91 Å². The molecule has 0 spiro atoms. The number of likely N-dealkylation sites (tertiary alicyclic amines) is 1. The van der Waals surface area contributed by atoms with Gasteiger partial charge in [-0.25, -0.2) is 4.98 Å². The second kappa shape index (κ2) is 5.77. The Morgan fingerprint density at radius 2 is 2.09 bits per heavy atom. The lowest BCUT2D eigenvalue weighted by Gasteiger charge is -2.30. The van der Waals surface area contributed by atoms with Crippen LogP contribution in [0.4, 0.5) is 0 Å². The van der Waals surface area contributed by atoms with Crippen LogP contribution in [0.25, 0.3) is 10.2 Å². The van der Waals surface area contributed by atoms with Crippen molar-refractivity contribution >= 4 is 27.5 Å². The quantitative estimate of drug-likeness (QED) is 0.785. The summed E-state index contributed by atoms with van der Waals surface area (Å²) in [6.45, 7) is 3.44. The summed E-state index contributed by atoms with van der Waals surface area (Å²) in [5, 5.41) is 8.11. The number of H-pyrrole nitrogens is 1. The molecule has 0 unspecified atom stereocenters. The molecule has 1 aliphatic rings. The Morgan fingerprint density at radius 3 is 2.78 bits per heavy atom. The van der Waals surface area contributed by atoms with Crippen LogP contribution in [0, 0.1) is 6.92 Å². The Bertz CT molecular complexity index is 812. The number of carbonyl (C=O) groups is 1. The zero-order valence-corrected chi connectivity index (χ0v) is 13.8. The molecule has 23 heavy (non-hydrogen) atoms. The lowest BCUT2D eigenvalue weighted by Crippen LogP contribution is -2.38. The zero-order valence-electron chi connectivity index (χ0n) is 13.0. The molecule has 4 rings (SSSR count). The fourth-order valence-corrected chi connectivity index (χ4v) is 4.22. The van der Waals surface area contributed by atoms with Crippen LogP contribution < -0.4 is 0 Å². The highest BCUT2D eigenvalue weighted by Gasteiger charge is 2.27. The van der Waals surface area contributed by atoms with Gasteiger partial charge in [-0.05, 0) is 38.0 Å². The highest BCUT2D eigenvalue weighted by Crippen LogP contribution is 2.34. The summed E-state index contributed by atoms with van der Waals surface area (Å²) in [5.41, 5.74) is 2.51. The van der Waals surface area contributed by atoms with Gasteiger partial charge in [0.15, 0.2) is 0 Å². The lowest BCUT2D eigenvalue weighted by atomic mass is 9.97. The molecule has 0 bridgehead atoms. The normalized spacial score (nSPS) is 16.1. The Labute approximate surface area is 138 Å². The van der Waals surface area contributed by atoms with E-state index in [1.807, 2.05) is 24.0 Å². The standard InChI is InChI=1S/C17H18N4OS/c1-11-10-14(20-19-11)17(22)21-8-6-12(7-9-21)16-18-13-4-2-3-5-15(13)23-16/h2-5,10,12H,6-9H2,1H3,(H,19,20). The zero-order chi connectivity index (χ0) is 15.8. The molecule has 1 aliphatic heterocycles. The van der Waals surface area contributed by atoms with Gasteiger partial charge in [0.25, 0.3) is 5.91 Å². The van der Waals surface area contributed by atoms with Gasteiger partial charge in [0.1, 0.15) is 5.69 Å². The first-order valence-corrected chi connectivity index (χ1v) is 8.69. The fraction of sp³-hybridized carbons (Fsp3) is 0.353. The number of benzene rings is 1. The Hall–Kier alpha value is -2.21. The van der Waals surface area contributed by atoms with Crippen molar-refractivity contribution in [3.63, 3.8) is 0 Å². The first-order valence-electron chi connectivity index (χ1n) is 7.87. The molecule has 5 nitrogen and oxygen atoms in total. The number of fused-ring (bicyclic) bond motifs is 1. The lowest BCUT2D eigenvalue weighted by molar-refractivity contribution is 0.0707. The molecule has 118 valence electrons. The van der Waals surface area contributed by atoms with Crippen molar-refractivity contribution in [1.82, 2.24) is 20.1 Å². The van der Waals surface area contributed by atoms with Gasteiger partial charge < -0.3 is 4.90 Å². The number of nitrogens with one attached hydrogen (secondary N) is 1. The van der Waals surface area contributed by atoms with Crippen LogP contribution >= 0.6 is 11.3 Å². The van der Waals surface area contributed by atoms with Gasteiger partial charge in [0, 0.05) is 24.7 Å². The molecule has 0 aliphatic carbocycles. The summed E-state index contributed by atoms with van der Waals surface area (Å²) < 4.78 is 1.24. The van der Waals surface area contributed by atoms with E-state index in [0.717, 1.165) is 37.1 Å². The van der Waals surface area contributed by atoms with Crippen LogP contribution in [-0.4, -0.2) is 39.1 Å². The van der Waals surface area contributed by atoms with Gasteiger partial charge in [-0.3, -0.25) is 9.89 Å². The van der Waals surface area contributed by atoms with Crippen molar-refractivity contribution in [2.75, 3.05) is 13.1 Å². The van der Waals surface area contributed by atoms with Crippen molar-refractivity contribution in [2.45, 2.75) is 25.7 Å². The number of piperidine rings is 1. The van der Waals surface area contributed by atoms with Crippen LogP contribution in [0.1, 0.15) is 39.9 Å². The first-order chi connectivity index (χ1) is 11.2. The molecule has 0 saturated carbocycles. The van der Waals surface area contributed by atoms with Crippen LogP contribution in [0.2, 0.25) is 0 Å². The predicted molar refractivity (Wildman–Crippen MR) is 90.8 cm³/mol. The molecule has 1 aromatic carbocycles. The minimum atomic E-state index is 0.0251. The van der Waals surface area contributed by atoms with Gasteiger partial charge in [-0.1, -0.05) is 12.1 Å². The number of rotatable bonds is 2. The molecule has 0 radical (unpaired) electrons. The summed E-state index contributed by atoms with van der Waals surface area (Å²) in [6, 6.07) is 10.1. The SMILES string of the molecule is Cc1cc(C(=O)N2CCC(c3nc4ccccc4s3)CC2)n[nH]1. The monoisotopic (exact) mass is 326 g/mol. The van der Waals surface area contributed by atoms with Gasteiger partial charge in [0.2, 0.25) is 0 Å². The molecule has 1 amide bonds. The third-order valence-corrected chi connectivity index (χ3v) is 5.57. The van der Waals surface area contributed by atoms with Crippen molar-refractivity contribution in [3.05, 3.63) is 46.7 Å². The maximum absolute atomic E-state index is 12.4. The van der Waals surface area contributed by atoms with Crippen LogP contribution in [0.3, 0.4) is 0 Å². The van der Waals surface area contributed by atoms with Crippen molar-refractivity contribution in [1.29, 1.82) is 0 Å². The van der Waals surface area contributed by atoms with Crippen molar-refractivity contribution in [3.8, 4) is 0 Å². The minimum Gasteiger partial charge on any atom is -0.337 e. The second-order valence-corrected chi connectivity index (χ2v) is 7.08. The van der Waals surface area contributed by atoms with E-state index in [4.69, 9.17) is 4.98 Å². The highest BCUT2D eigenvalue weighted by atomic mass is 32.1. The number of carbonyl (C=O) groups excluding carboxylic acids is 1. The van der Waals surface area contributed by atoms with Gasteiger partial charge in [-0.2, -0.15) is 5.10 Å². The summed E-state index contributed by atoms with van der Waals surface area (Å²) in [4.78, 5) is 19.1. The predicted octanol–water partition coefficient (Wildman–Crippen LogP) is 3.35. The molecular weight excluding hydrogens is 308 g/mol. The van der Waals surface area contributed by atoms with E-state index in [1.165, 1.54) is 9.71 Å². The molecule has 0 atom stereocenters. The summed E-state index contributed by atoms with van der Waals surface area (Å²) >= 11 is 1.78. The Kier molecular flexibility index (Phi) is 3.61. The summed E-state index contributed by atoms with van der Waals surface area (Å²) in [7, 11) is 0. The van der Waals surface area contributed by atoms with E-state index in [0.29, 0.717) is 11.6 Å². The van der Waals surface area contributed by atoms with E-state index in [9.17, 15) is 4.79 Å². The van der Waals surface area contributed by atoms with E-state index in [2.05, 4.69) is 28.4 Å². The topological polar surface area (TPSA) is 61.9 Å². The number of thiazole rings is 1. The number of aromatic nitrogens is 3. The smallest absolute Gasteiger partial charge is 0.274 e. The summed E-state index contributed by atoms with van der Waals surface area (Å²) in [5.74, 6) is 0.481. The Morgan fingerprint density at radius 1 is 1.30 bits per heavy atom. The maximum Gasteiger partial charge on any atom is 0.274 e. The molecule has 1 N–H and O–H groups in total. The maximum atomic E-state index is 12.4. The number of hydrogen-bond acceptors (Lipinski definition) is 4. The van der Waals surface area contributed by atoms with Gasteiger partial charge >= 0.3 is 0 Å². The second-order valence-electron chi connectivity index (χ2n) is 6.02. The van der Waals surface area contributed by atoms with Crippen LogP contribution in [-0.2, 0) is 0 Å². The van der Waals surface area contributed by atoms with E-state index < -0.39 is 0 Å². The summed E-state index contributed by atoms with van der Waals surface area (Å²) in [6.07, 6.45) is 1.93. The van der Waals surface area contributed by atoms with Crippen molar-refractivity contribution in [2.24, 2.45) is 0 Å².